The van der Waals surface area contributed by atoms with Gasteiger partial charge in [0, 0.05) is 38.2 Å². The molecule has 0 unspecified atom stereocenters. The molecule has 0 spiro atoms. The van der Waals surface area contributed by atoms with Crippen molar-refractivity contribution in [1.29, 1.82) is 0 Å². The van der Waals surface area contributed by atoms with Crippen molar-refractivity contribution in [2.75, 3.05) is 36.8 Å². The minimum absolute atomic E-state index is 0.323. The van der Waals surface area contributed by atoms with Gasteiger partial charge in [0.2, 0.25) is 5.95 Å². The molecule has 0 atom stereocenters. The lowest BCUT2D eigenvalue weighted by molar-refractivity contribution is 0.542. The zero-order valence-corrected chi connectivity index (χ0v) is 10.7. The van der Waals surface area contributed by atoms with Gasteiger partial charge in [-0.15, -0.1) is 0 Å². The Morgan fingerprint density at radius 2 is 2.05 bits per heavy atom. The second-order valence-electron chi connectivity index (χ2n) is 5.28. The molecule has 6 nitrogen and oxygen atoms in total. The second-order valence-corrected chi connectivity index (χ2v) is 5.28. The predicted octanol–water partition coefficient (Wildman–Crippen LogP) is 1.09. The van der Waals surface area contributed by atoms with Crippen molar-refractivity contribution in [2.24, 2.45) is 0 Å². The van der Waals surface area contributed by atoms with Gasteiger partial charge in [0.25, 0.3) is 0 Å². The van der Waals surface area contributed by atoms with E-state index in [9.17, 15) is 0 Å². The molecule has 1 aliphatic heterocycles. The Morgan fingerprint density at radius 1 is 1.26 bits per heavy atom. The van der Waals surface area contributed by atoms with Crippen molar-refractivity contribution in [3.63, 3.8) is 0 Å². The lowest BCUT2D eigenvalue weighted by Crippen LogP contribution is -2.44. The fraction of sp³-hybridized carbons (Fsp3) is 0.538. The van der Waals surface area contributed by atoms with E-state index in [0.717, 1.165) is 48.9 Å². The van der Waals surface area contributed by atoms with Crippen LogP contribution in [0.2, 0.25) is 0 Å². The number of aromatic nitrogens is 2. The highest BCUT2D eigenvalue weighted by Crippen LogP contribution is 2.43. The molecule has 2 aliphatic rings. The van der Waals surface area contributed by atoms with Gasteiger partial charge in [-0.25, -0.2) is 4.98 Å². The number of piperazine rings is 1. The number of anilines is 2. The minimum atomic E-state index is 0.323. The Balaban J connectivity index is 1.82. The standard InChI is InChI=1S/C13H17N5O/c14-13-16-9-7-10(8-1-2-8)19-11(9)12(17-13)18-5-3-15-4-6-18/h7-8,15H,1-6H2,(H2,14,16,17). The van der Waals surface area contributed by atoms with Gasteiger partial charge in [0.15, 0.2) is 11.4 Å². The molecule has 3 heterocycles. The number of nitrogen functional groups attached to an aromatic ring is 1. The largest absolute Gasteiger partial charge is 0.455 e. The molecule has 0 bridgehead atoms. The number of nitrogens with two attached hydrogens (primary N) is 1. The Labute approximate surface area is 111 Å². The van der Waals surface area contributed by atoms with Crippen molar-refractivity contribution >= 4 is 22.9 Å². The summed E-state index contributed by atoms with van der Waals surface area (Å²) in [6.07, 6.45) is 2.43. The van der Waals surface area contributed by atoms with E-state index in [0.29, 0.717) is 11.9 Å². The van der Waals surface area contributed by atoms with Crippen LogP contribution in [-0.2, 0) is 0 Å². The lowest BCUT2D eigenvalue weighted by atomic mass is 10.3. The number of furan rings is 1. The van der Waals surface area contributed by atoms with Gasteiger partial charge in [-0.05, 0) is 12.8 Å². The smallest absolute Gasteiger partial charge is 0.222 e. The van der Waals surface area contributed by atoms with E-state index in [1.54, 1.807) is 0 Å². The molecule has 2 fully saturated rings. The molecule has 2 aromatic rings. The predicted molar refractivity (Wildman–Crippen MR) is 73.3 cm³/mol. The molecule has 0 amide bonds. The molecule has 3 N–H and O–H groups in total. The van der Waals surface area contributed by atoms with Gasteiger partial charge in [0.1, 0.15) is 11.3 Å². The summed E-state index contributed by atoms with van der Waals surface area (Å²) in [6.45, 7) is 3.76. The molecule has 4 rings (SSSR count). The quantitative estimate of drug-likeness (QED) is 0.840. The fourth-order valence-corrected chi connectivity index (χ4v) is 2.61. The summed E-state index contributed by atoms with van der Waals surface area (Å²) in [5.74, 6) is 2.78. The topological polar surface area (TPSA) is 80.2 Å². The molecule has 100 valence electrons. The van der Waals surface area contributed by atoms with Crippen LogP contribution in [0.5, 0.6) is 0 Å². The van der Waals surface area contributed by atoms with Crippen molar-refractivity contribution in [1.82, 2.24) is 15.3 Å². The summed E-state index contributed by atoms with van der Waals surface area (Å²) in [5.41, 5.74) is 7.45. The highest BCUT2D eigenvalue weighted by molar-refractivity contribution is 5.86. The third-order valence-electron chi connectivity index (χ3n) is 3.79. The number of nitrogens with zero attached hydrogens (tertiary/aromatic N) is 3. The third kappa shape index (κ3) is 1.92. The highest BCUT2D eigenvalue weighted by Gasteiger charge is 2.29. The van der Waals surface area contributed by atoms with E-state index in [-0.39, 0.29) is 0 Å². The van der Waals surface area contributed by atoms with Gasteiger partial charge in [-0.2, -0.15) is 4.98 Å². The molecule has 1 saturated heterocycles. The Morgan fingerprint density at radius 3 is 2.79 bits per heavy atom. The summed E-state index contributed by atoms with van der Waals surface area (Å²) in [6, 6.07) is 2.02. The summed E-state index contributed by atoms with van der Waals surface area (Å²) >= 11 is 0. The molecule has 1 aliphatic carbocycles. The Hall–Kier alpha value is -1.82. The summed E-state index contributed by atoms with van der Waals surface area (Å²) < 4.78 is 5.99. The highest BCUT2D eigenvalue weighted by atomic mass is 16.3. The number of nitrogens with one attached hydrogen (secondary N) is 1. The average Bonchev–Trinajstić information content (AvgIpc) is 3.19. The third-order valence-corrected chi connectivity index (χ3v) is 3.79. The maximum Gasteiger partial charge on any atom is 0.222 e. The van der Waals surface area contributed by atoms with Gasteiger partial charge < -0.3 is 20.4 Å². The van der Waals surface area contributed by atoms with E-state index < -0.39 is 0 Å². The van der Waals surface area contributed by atoms with Crippen LogP contribution in [0.15, 0.2) is 10.5 Å². The maximum atomic E-state index is 5.99. The summed E-state index contributed by atoms with van der Waals surface area (Å²) in [5, 5.41) is 3.33. The van der Waals surface area contributed by atoms with Crippen LogP contribution in [0.1, 0.15) is 24.5 Å². The van der Waals surface area contributed by atoms with Crippen molar-refractivity contribution in [3.8, 4) is 0 Å². The van der Waals surface area contributed by atoms with Crippen LogP contribution < -0.4 is 16.0 Å². The molecule has 1 saturated carbocycles. The number of hydrogen-bond acceptors (Lipinski definition) is 6. The molecule has 0 radical (unpaired) electrons. The summed E-state index contributed by atoms with van der Waals surface area (Å²) in [4.78, 5) is 10.9. The van der Waals surface area contributed by atoms with Crippen molar-refractivity contribution in [3.05, 3.63) is 11.8 Å². The first-order chi connectivity index (χ1) is 9.31. The lowest BCUT2D eigenvalue weighted by Gasteiger charge is -2.28. The Kier molecular flexibility index (Phi) is 2.38. The number of hydrogen-bond donors (Lipinski definition) is 2. The van der Waals surface area contributed by atoms with Crippen LogP contribution in [0.25, 0.3) is 11.1 Å². The monoisotopic (exact) mass is 259 g/mol. The second kappa shape index (κ2) is 4.09. The van der Waals surface area contributed by atoms with Gasteiger partial charge in [-0.1, -0.05) is 0 Å². The van der Waals surface area contributed by atoms with Crippen LogP contribution in [0.3, 0.4) is 0 Å². The van der Waals surface area contributed by atoms with Gasteiger partial charge in [-0.3, -0.25) is 0 Å². The molecule has 2 aromatic heterocycles. The molecular weight excluding hydrogens is 242 g/mol. The normalized spacial score (nSPS) is 20.1. The van der Waals surface area contributed by atoms with E-state index in [1.165, 1.54) is 12.8 Å². The number of rotatable bonds is 2. The SMILES string of the molecule is Nc1nc(N2CCNCC2)c2oc(C3CC3)cc2n1. The van der Waals surface area contributed by atoms with Gasteiger partial charge >= 0.3 is 0 Å². The van der Waals surface area contributed by atoms with Crippen LogP contribution >= 0.6 is 0 Å². The number of fused-ring (bicyclic) bond motifs is 1. The summed E-state index contributed by atoms with van der Waals surface area (Å²) in [7, 11) is 0. The van der Waals surface area contributed by atoms with Crippen LogP contribution in [0.4, 0.5) is 11.8 Å². The first-order valence-corrected chi connectivity index (χ1v) is 6.84. The molecule has 6 heteroatoms. The van der Waals surface area contributed by atoms with Gasteiger partial charge in [0.05, 0.1) is 0 Å². The van der Waals surface area contributed by atoms with E-state index in [2.05, 4.69) is 20.2 Å². The molecule has 19 heavy (non-hydrogen) atoms. The van der Waals surface area contributed by atoms with E-state index in [4.69, 9.17) is 10.2 Å². The molecule has 0 aromatic carbocycles. The maximum absolute atomic E-state index is 5.99. The minimum Gasteiger partial charge on any atom is -0.455 e. The molecular formula is C13H17N5O. The fourth-order valence-electron chi connectivity index (χ4n) is 2.61. The zero-order valence-electron chi connectivity index (χ0n) is 10.7. The zero-order chi connectivity index (χ0) is 12.8. The van der Waals surface area contributed by atoms with Crippen LogP contribution in [0, 0.1) is 0 Å². The first kappa shape index (κ1) is 11.0. The van der Waals surface area contributed by atoms with Crippen molar-refractivity contribution in [2.45, 2.75) is 18.8 Å². The van der Waals surface area contributed by atoms with E-state index in [1.807, 2.05) is 6.07 Å². The average molecular weight is 259 g/mol. The first-order valence-electron chi connectivity index (χ1n) is 6.84. The van der Waals surface area contributed by atoms with E-state index >= 15 is 0 Å². The van der Waals surface area contributed by atoms with Crippen LogP contribution in [-0.4, -0.2) is 36.1 Å². The Bertz CT molecular complexity index is 613. The van der Waals surface area contributed by atoms with Crippen molar-refractivity contribution < 1.29 is 4.42 Å².